The molecular weight excluding hydrogens is 325 g/mol. The van der Waals surface area contributed by atoms with E-state index in [-0.39, 0.29) is 5.92 Å². The topological polar surface area (TPSA) is 55.6 Å². The van der Waals surface area contributed by atoms with E-state index in [1.54, 1.807) is 0 Å². The highest BCUT2D eigenvalue weighted by atomic mass is 19.4. The molecule has 0 bridgehead atoms. The molecule has 8 heteroatoms. The first-order chi connectivity index (χ1) is 11.4. The molecule has 1 aliphatic rings. The summed E-state index contributed by atoms with van der Waals surface area (Å²) in [6.07, 6.45) is -2.86. The molecule has 3 rings (SSSR count). The number of carbonyl (C=O) groups excluding carboxylic acids is 1. The summed E-state index contributed by atoms with van der Waals surface area (Å²) in [4.78, 5) is 18.0. The average molecular weight is 342 g/mol. The summed E-state index contributed by atoms with van der Waals surface area (Å²) >= 11 is 0. The van der Waals surface area contributed by atoms with Gasteiger partial charge in [0.15, 0.2) is 11.5 Å². The Kier molecular flexibility index (Phi) is 4.75. The van der Waals surface area contributed by atoms with Gasteiger partial charge < -0.3 is 14.1 Å². The summed E-state index contributed by atoms with van der Waals surface area (Å²) in [5, 5.41) is 0. The monoisotopic (exact) mass is 342 g/mol. The number of halogens is 3. The molecule has 5 nitrogen and oxygen atoms in total. The first-order valence-corrected chi connectivity index (χ1v) is 7.70. The Morgan fingerprint density at radius 3 is 2.92 bits per heavy atom. The van der Waals surface area contributed by atoms with E-state index in [0.717, 1.165) is 18.4 Å². The fraction of sp³-hybridized carbons (Fsp3) is 0.500. The second kappa shape index (κ2) is 6.80. The fourth-order valence-electron chi connectivity index (χ4n) is 2.82. The van der Waals surface area contributed by atoms with Gasteiger partial charge in [0.1, 0.15) is 18.7 Å². The van der Waals surface area contributed by atoms with Crippen molar-refractivity contribution in [1.82, 2.24) is 9.88 Å². The molecule has 0 saturated carbocycles. The Balaban J connectivity index is 1.60. The Morgan fingerprint density at radius 1 is 1.38 bits per heavy atom. The van der Waals surface area contributed by atoms with Crippen LogP contribution in [0.2, 0.25) is 0 Å². The van der Waals surface area contributed by atoms with Crippen molar-refractivity contribution in [3.63, 3.8) is 0 Å². The smallest absolute Gasteiger partial charge is 0.411 e. The molecule has 1 aromatic heterocycles. The Bertz CT molecular complexity index is 681. The summed E-state index contributed by atoms with van der Waals surface area (Å²) in [6.45, 7) is -1.10. The zero-order valence-corrected chi connectivity index (χ0v) is 12.9. The maximum absolute atomic E-state index is 12.1. The predicted octanol–water partition coefficient (Wildman–Crippen LogP) is 3.11. The van der Waals surface area contributed by atoms with E-state index in [0.29, 0.717) is 24.6 Å². The van der Waals surface area contributed by atoms with Crippen LogP contribution in [0.25, 0.3) is 11.1 Å². The summed E-state index contributed by atoms with van der Waals surface area (Å²) < 4.78 is 46.4. The van der Waals surface area contributed by atoms with E-state index in [2.05, 4.69) is 9.72 Å². The lowest BCUT2D eigenvalue weighted by molar-refractivity contribution is -0.178. The summed E-state index contributed by atoms with van der Waals surface area (Å²) in [5.74, 6) is 0.0580. The number of aromatic nitrogens is 1. The molecule has 24 heavy (non-hydrogen) atoms. The highest BCUT2D eigenvalue weighted by Crippen LogP contribution is 2.29. The van der Waals surface area contributed by atoms with E-state index >= 15 is 0 Å². The molecule has 1 fully saturated rings. The molecule has 0 radical (unpaired) electrons. The van der Waals surface area contributed by atoms with Gasteiger partial charge in [-0.15, -0.1) is 0 Å². The van der Waals surface area contributed by atoms with E-state index in [4.69, 9.17) is 4.42 Å². The van der Waals surface area contributed by atoms with E-state index < -0.39 is 25.3 Å². The van der Waals surface area contributed by atoms with Crippen LogP contribution >= 0.6 is 0 Å². The largest absolute Gasteiger partial charge is 0.440 e. The van der Waals surface area contributed by atoms with Crippen LogP contribution < -0.4 is 0 Å². The second-order valence-electron chi connectivity index (χ2n) is 5.81. The van der Waals surface area contributed by atoms with Crippen molar-refractivity contribution >= 4 is 17.0 Å². The van der Waals surface area contributed by atoms with E-state index in [1.165, 1.54) is 4.90 Å². The Labute approximate surface area is 136 Å². The summed E-state index contributed by atoms with van der Waals surface area (Å²) in [7, 11) is 0. The van der Waals surface area contributed by atoms with Crippen LogP contribution in [0.1, 0.15) is 24.7 Å². The number of rotatable bonds is 4. The highest BCUT2D eigenvalue weighted by molar-refractivity contribution is 5.77. The van der Waals surface area contributed by atoms with Crippen LogP contribution in [0.4, 0.5) is 13.2 Å². The van der Waals surface area contributed by atoms with Gasteiger partial charge in [-0.1, -0.05) is 12.1 Å². The van der Waals surface area contributed by atoms with Gasteiger partial charge in [-0.3, -0.25) is 4.79 Å². The van der Waals surface area contributed by atoms with Crippen LogP contribution in [-0.2, 0) is 9.53 Å². The van der Waals surface area contributed by atoms with Crippen molar-refractivity contribution in [3.8, 4) is 0 Å². The zero-order chi connectivity index (χ0) is 17.2. The minimum absolute atomic E-state index is 0.0577. The third kappa shape index (κ3) is 4.05. The molecular formula is C16H17F3N2O3. The fourth-order valence-corrected chi connectivity index (χ4v) is 2.82. The molecule has 0 spiro atoms. The number of piperidine rings is 1. The molecule has 1 atom stereocenters. The van der Waals surface area contributed by atoms with Gasteiger partial charge in [0.2, 0.25) is 5.91 Å². The number of alkyl halides is 3. The number of para-hydroxylation sites is 2. The minimum Gasteiger partial charge on any atom is -0.440 e. The third-order valence-corrected chi connectivity index (χ3v) is 3.93. The van der Waals surface area contributed by atoms with Gasteiger partial charge in [0.05, 0.1) is 5.92 Å². The lowest BCUT2D eigenvalue weighted by atomic mass is 9.98. The number of hydrogen-bond donors (Lipinski definition) is 0. The minimum atomic E-state index is -4.43. The number of benzene rings is 1. The number of nitrogens with zero attached hydrogens (tertiary/aromatic N) is 2. The number of likely N-dealkylation sites (tertiary alicyclic amines) is 1. The van der Waals surface area contributed by atoms with Crippen molar-refractivity contribution < 1.29 is 27.1 Å². The van der Waals surface area contributed by atoms with Crippen molar-refractivity contribution in [2.75, 3.05) is 26.3 Å². The molecule has 1 aliphatic heterocycles. The SMILES string of the molecule is O=C(COCC(F)(F)F)N1CCCC(c2nc3ccccc3o2)C1. The lowest BCUT2D eigenvalue weighted by Gasteiger charge is -2.31. The van der Waals surface area contributed by atoms with Gasteiger partial charge in [0, 0.05) is 13.1 Å². The van der Waals surface area contributed by atoms with Crippen LogP contribution in [0.5, 0.6) is 0 Å². The zero-order valence-electron chi connectivity index (χ0n) is 12.9. The molecule has 2 heterocycles. The number of hydrogen-bond acceptors (Lipinski definition) is 4. The van der Waals surface area contributed by atoms with Gasteiger partial charge in [-0.05, 0) is 25.0 Å². The number of fused-ring (bicyclic) bond motifs is 1. The maximum atomic E-state index is 12.1. The lowest BCUT2D eigenvalue weighted by Crippen LogP contribution is -2.41. The quantitative estimate of drug-likeness (QED) is 0.857. The molecule has 0 N–H and O–H groups in total. The van der Waals surface area contributed by atoms with Gasteiger partial charge in [-0.2, -0.15) is 13.2 Å². The van der Waals surface area contributed by atoms with Gasteiger partial charge in [0.25, 0.3) is 0 Å². The molecule has 1 amide bonds. The van der Waals surface area contributed by atoms with Crippen molar-refractivity contribution in [3.05, 3.63) is 30.2 Å². The van der Waals surface area contributed by atoms with Gasteiger partial charge in [-0.25, -0.2) is 4.98 Å². The Morgan fingerprint density at radius 2 is 2.17 bits per heavy atom. The first kappa shape index (κ1) is 16.8. The predicted molar refractivity (Wildman–Crippen MR) is 79.4 cm³/mol. The maximum Gasteiger partial charge on any atom is 0.411 e. The molecule has 130 valence electrons. The molecule has 1 saturated heterocycles. The number of carbonyl (C=O) groups is 1. The summed E-state index contributed by atoms with van der Waals surface area (Å²) in [6, 6.07) is 7.39. The van der Waals surface area contributed by atoms with Crippen LogP contribution in [0.15, 0.2) is 28.7 Å². The van der Waals surface area contributed by atoms with Crippen molar-refractivity contribution in [1.29, 1.82) is 0 Å². The number of oxazole rings is 1. The van der Waals surface area contributed by atoms with Crippen LogP contribution in [0.3, 0.4) is 0 Å². The first-order valence-electron chi connectivity index (χ1n) is 7.70. The van der Waals surface area contributed by atoms with Gasteiger partial charge >= 0.3 is 6.18 Å². The molecule has 0 aliphatic carbocycles. The molecule has 1 unspecified atom stereocenters. The third-order valence-electron chi connectivity index (χ3n) is 3.93. The van der Waals surface area contributed by atoms with Crippen LogP contribution in [-0.4, -0.2) is 48.3 Å². The van der Waals surface area contributed by atoms with Crippen molar-refractivity contribution in [2.45, 2.75) is 24.9 Å². The van der Waals surface area contributed by atoms with Crippen LogP contribution in [0, 0.1) is 0 Å². The highest BCUT2D eigenvalue weighted by Gasteiger charge is 2.30. The van der Waals surface area contributed by atoms with Crippen molar-refractivity contribution in [2.24, 2.45) is 0 Å². The number of ether oxygens (including phenoxy) is 1. The summed E-state index contributed by atoms with van der Waals surface area (Å²) in [5.41, 5.74) is 1.44. The normalized spacial score (nSPS) is 19.0. The Hall–Kier alpha value is -2.09. The van der Waals surface area contributed by atoms with E-state index in [1.807, 2.05) is 24.3 Å². The average Bonchev–Trinajstić information content (AvgIpc) is 2.98. The second-order valence-corrected chi connectivity index (χ2v) is 5.81. The number of amides is 1. The standard InChI is InChI=1S/C16H17F3N2O3/c17-16(18,19)10-23-9-14(22)21-7-3-4-11(8-21)15-20-12-5-1-2-6-13(12)24-15/h1-2,5-6,11H,3-4,7-10H2. The molecule has 1 aromatic carbocycles. The van der Waals surface area contributed by atoms with E-state index in [9.17, 15) is 18.0 Å². The molecule has 2 aromatic rings.